The van der Waals surface area contributed by atoms with Crippen LogP contribution in [0.25, 0.3) is 0 Å². The minimum Gasteiger partial charge on any atom is -0.319 e. The Balaban J connectivity index is 2.37. The summed E-state index contributed by atoms with van der Waals surface area (Å²) in [6.45, 7) is 1.92. The lowest BCUT2D eigenvalue weighted by molar-refractivity contribution is 0.0743. The maximum Gasteiger partial charge on any atom is 0.275 e. The van der Waals surface area contributed by atoms with Crippen LogP contribution < -0.4 is 0 Å². The van der Waals surface area contributed by atoms with Crippen LogP contribution in [0.5, 0.6) is 0 Å². The van der Waals surface area contributed by atoms with E-state index < -0.39 is 21.1 Å². The highest BCUT2D eigenvalue weighted by molar-refractivity contribution is 8.01. The fourth-order valence-corrected chi connectivity index (χ4v) is 5.31. The van der Waals surface area contributed by atoms with Crippen molar-refractivity contribution in [3.05, 3.63) is 28.0 Å². The number of sulfone groups is 1. The molecule has 0 radical (unpaired) electrons. The Bertz CT molecular complexity index is 652. The van der Waals surface area contributed by atoms with E-state index in [2.05, 4.69) is 4.98 Å². The van der Waals surface area contributed by atoms with Crippen LogP contribution in [0.1, 0.15) is 17.4 Å². The molecular weight excluding hydrogens is 355 g/mol. The number of amides is 1. The van der Waals surface area contributed by atoms with Gasteiger partial charge in [0.15, 0.2) is 9.84 Å². The van der Waals surface area contributed by atoms with E-state index in [-0.39, 0.29) is 21.6 Å². The lowest BCUT2D eigenvalue weighted by Gasteiger charge is -2.34. The van der Waals surface area contributed by atoms with Gasteiger partial charge in [0, 0.05) is 23.8 Å². The maximum atomic E-state index is 12.6. The second-order valence-corrected chi connectivity index (χ2v) is 8.84. The van der Waals surface area contributed by atoms with Crippen LogP contribution >= 0.6 is 35.0 Å². The number of carbonyl (C=O) groups excluding carboxylic acids is 1. The van der Waals surface area contributed by atoms with Crippen molar-refractivity contribution in [3.63, 3.8) is 0 Å². The third-order valence-electron chi connectivity index (χ3n) is 3.18. The summed E-state index contributed by atoms with van der Waals surface area (Å²) in [6, 6.07) is 2.96. The molecule has 1 saturated heterocycles. The Morgan fingerprint density at radius 3 is 2.86 bits per heavy atom. The van der Waals surface area contributed by atoms with Crippen LogP contribution in [0.4, 0.5) is 0 Å². The molecule has 1 aliphatic rings. The van der Waals surface area contributed by atoms with E-state index in [1.54, 1.807) is 6.92 Å². The number of pyridine rings is 1. The second-order valence-electron chi connectivity index (χ2n) is 4.44. The molecule has 1 fully saturated rings. The molecule has 116 valence electrons. The van der Waals surface area contributed by atoms with Gasteiger partial charge < -0.3 is 4.90 Å². The molecule has 1 unspecified atom stereocenters. The van der Waals surface area contributed by atoms with Crippen molar-refractivity contribution >= 4 is 50.7 Å². The number of nitrogens with zero attached hydrogens (tertiary/aromatic N) is 2. The highest BCUT2D eigenvalue weighted by Crippen LogP contribution is 2.25. The average Bonchev–Trinajstić information content (AvgIpc) is 2.49. The summed E-state index contributed by atoms with van der Waals surface area (Å²) in [5, 5.41) is -0.537. The largest absolute Gasteiger partial charge is 0.319 e. The smallest absolute Gasteiger partial charge is 0.275 e. The summed E-state index contributed by atoms with van der Waals surface area (Å²) >= 11 is 13.3. The fourth-order valence-electron chi connectivity index (χ4n) is 2.01. The standard InChI is InChI=1S/C12H14Cl2N2O3S2/c1-2-21(18,19)10-7-20-6-5-16(10)12(17)11-8(13)3-4-9(14)15-11/h3-4,10H,2,5-7H2,1H3. The predicted molar refractivity (Wildman–Crippen MR) is 85.9 cm³/mol. The summed E-state index contributed by atoms with van der Waals surface area (Å²) in [5.74, 6) is 0.531. The molecule has 0 aromatic carbocycles. The Labute approximate surface area is 137 Å². The van der Waals surface area contributed by atoms with Gasteiger partial charge in [-0.3, -0.25) is 4.79 Å². The van der Waals surface area contributed by atoms with E-state index in [0.717, 1.165) is 0 Å². The molecule has 0 saturated carbocycles. The predicted octanol–water partition coefficient (Wildman–Crippen LogP) is 2.34. The molecule has 1 amide bonds. The van der Waals surface area contributed by atoms with E-state index >= 15 is 0 Å². The lowest BCUT2D eigenvalue weighted by atomic mass is 10.3. The van der Waals surface area contributed by atoms with Gasteiger partial charge in [-0.2, -0.15) is 11.8 Å². The van der Waals surface area contributed by atoms with Gasteiger partial charge in [0.2, 0.25) is 0 Å². The minimum absolute atomic E-state index is 0.00707. The van der Waals surface area contributed by atoms with E-state index in [9.17, 15) is 13.2 Å². The van der Waals surface area contributed by atoms with Gasteiger partial charge >= 0.3 is 0 Å². The SMILES string of the molecule is CCS(=O)(=O)C1CSCCN1C(=O)c1nc(Cl)ccc1Cl. The number of aromatic nitrogens is 1. The zero-order valence-electron chi connectivity index (χ0n) is 11.3. The van der Waals surface area contributed by atoms with Crippen molar-refractivity contribution < 1.29 is 13.2 Å². The fraction of sp³-hybridized carbons (Fsp3) is 0.500. The lowest BCUT2D eigenvalue weighted by Crippen LogP contribution is -2.50. The van der Waals surface area contributed by atoms with Crippen LogP contribution in [0.15, 0.2) is 12.1 Å². The number of halogens is 2. The normalized spacial score (nSPS) is 19.6. The van der Waals surface area contributed by atoms with E-state index in [1.165, 1.54) is 28.8 Å². The summed E-state index contributed by atoms with van der Waals surface area (Å²) in [5.41, 5.74) is -0.00707. The number of rotatable bonds is 3. The quantitative estimate of drug-likeness (QED) is 0.765. The zero-order valence-corrected chi connectivity index (χ0v) is 14.4. The van der Waals surface area contributed by atoms with Crippen LogP contribution in [0, 0.1) is 0 Å². The highest BCUT2D eigenvalue weighted by Gasteiger charge is 2.37. The zero-order chi connectivity index (χ0) is 15.6. The molecule has 1 aromatic rings. The third-order valence-corrected chi connectivity index (χ3v) is 6.98. The molecule has 0 aliphatic carbocycles. The van der Waals surface area contributed by atoms with Gasteiger partial charge in [0.1, 0.15) is 16.2 Å². The van der Waals surface area contributed by atoms with Crippen LogP contribution in [-0.4, -0.2) is 53.4 Å². The molecule has 1 aromatic heterocycles. The topological polar surface area (TPSA) is 67.3 Å². The summed E-state index contributed by atoms with van der Waals surface area (Å²) in [6.07, 6.45) is 0. The molecule has 0 N–H and O–H groups in total. The van der Waals surface area contributed by atoms with Crippen LogP contribution in [0.2, 0.25) is 10.2 Å². The Kier molecular flexibility index (Phi) is 5.40. The number of hydrogen-bond donors (Lipinski definition) is 0. The third kappa shape index (κ3) is 3.64. The van der Waals surface area contributed by atoms with Crippen LogP contribution in [0.3, 0.4) is 0 Å². The van der Waals surface area contributed by atoms with Crippen molar-refractivity contribution in [2.24, 2.45) is 0 Å². The molecule has 0 spiro atoms. The maximum absolute atomic E-state index is 12.6. The molecule has 1 aliphatic heterocycles. The van der Waals surface area contributed by atoms with Crippen molar-refractivity contribution in [2.75, 3.05) is 23.8 Å². The van der Waals surface area contributed by atoms with Gasteiger partial charge in [-0.1, -0.05) is 30.1 Å². The first-order valence-corrected chi connectivity index (χ1v) is 9.91. The van der Waals surface area contributed by atoms with Crippen molar-refractivity contribution in [3.8, 4) is 0 Å². The first-order valence-electron chi connectivity index (χ1n) is 6.29. The molecule has 9 heteroatoms. The van der Waals surface area contributed by atoms with Gasteiger partial charge in [-0.05, 0) is 12.1 Å². The molecule has 21 heavy (non-hydrogen) atoms. The van der Waals surface area contributed by atoms with Gasteiger partial charge in [0.25, 0.3) is 5.91 Å². The van der Waals surface area contributed by atoms with Crippen molar-refractivity contribution in [1.82, 2.24) is 9.88 Å². The average molecular weight is 369 g/mol. The molecular formula is C12H14Cl2N2O3S2. The minimum atomic E-state index is -3.37. The number of thioether (sulfide) groups is 1. The van der Waals surface area contributed by atoms with E-state index in [0.29, 0.717) is 18.1 Å². The Hall–Kier alpha value is -0.500. The van der Waals surface area contributed by atoms with E-state index in [1.807, 2.05) is 0 Å². The van der Waals surface area contributed by atoms with Gasteiger partial charge in [0.05, 0.1) is 5.02 Å². The van der Waals surface area contributed by atoms with Gasteiger partial charge in [-0.25, -0.2) is 13.4 Å². The van der Waals surface area contributed by atoms with Crippen molar-refractivity contribution in [2.45, 2.75) is 12.3 Å². The first kappa shape index (κ1) is 16.9. The summed E-state index contributed by atoms with van der Waals surface area (Å²) in [7, 11) is -3.37. The molecule has 2 rings (SSSR count). The van der Waals surface area contributed by atoms with Crippen LogP contribution in [-0.2, 0) is 9.84 Å². The number of carbonyl (C=O) groups is 1. The molecule has 2 heterocycles. The molecule has 0 bridgehead atoms. The molecule has 1 atom stereocenters. The summed E-state index contributed by atoms with van der Waals surface area (Å²) < 4.78 is 24.3. The number of hydrogen-bond acceptors (Lipinski definition) is 5. The van der Waals surface area contributed by atoms with Crippen molar-refractivity contribution in [1.29, 1.82) is 0 Å². The highest BCUT2D eigenvalue weighted by atomic mass is 35.5. The summed E-state index contributed by atoms with van der Waals surface area (Å²) in [4.78, 5) is 17.9. The molecule has 5 nitrogen and oxygen atoms in total. The van der Waals surface area contributed by atoms with E-state index in [4.69, 9.17) is 23.2 Å². The Morgan fingerprint density at radius 1 is 1.48 bits per heavy atom. The van der Waals surface area contributed by atoms with Gasteiger partial charge in [-0.15, -0.1) is 0 Å². The second kappa shape index (κ2) is 6.73. The monoisotopic (exact) mass is 368 g/mol. The Morgan fingerprint density at radius 2 is 2.19 bits per heavy atom. The first-order chi connectivity index (χ1) is 9.86.